The molecule has 1 aliphatic rings. The number of thiophene rings is 1. The number of benzene rings is 1. The summed E-state index contributed by atoms with van der Waals surface area (Å²) in [5, 5.41) is 2.94. The summed E-state index contributed by atoms with van der Waals surface area (Å²) in [6, 6.07) is 7.68. The zero-order valence-electron chi connectivity index (χ0n) is 16.9. The zero-order valence-corrected chi connectivity index (χ0v) is 18.5. The normalized spacial score (nSPS) is 18.4. The summed E-state index contributed by atoms with van der Waals surface area (Å²) in [5.41, 5.74) is 3.80. The predicted molar refractivity (Wildman–Crippen MR) is 116 cm³/mol. The van der Waals surface area contributed by atoms with Crippen LogP contribution in [0.5, 0.6) is 0 Å². The number of hydrogen-bond acceptors (Lipinski definition) is 5. The van der Waals surface area contributed by atoms with Gasteiger partial charge in [-0.2, -0.15) is 0 Å². The van der Waals surface area contributed by atoms with E-state index in [4.69, 9.17) is 4.42 Å². The highest BCUT2D eigenvalue weighted by atomic mass is 32.2. The Balaban J connectivity index is 1.74. The highest BCUT2D eigenvalue weighted by Crippen LogP contribution is 2.31. The molecule has 5 nitrogen and oxygen atoms in total. The van der Waals surface area contributed by atoms with Gasteiger partial charge in [-0.1, -0.05) is 13.0 Å². The van der Waals surface area contributed by atoms with E-state index in [-0.39, 0.29) is 23.5 Å². The van der Waals surface area contributed by atoms with E-state index in [0.29, 0.717) is 24.3 Å². The average molecular weight is 432 g/mol. The van der Waals surface area contributed by atoms with Crippen molar-refractivity contribution in [1.29, 1.82) is 0 Å². The minimum absolute atomic E-state index is 0.0163. The van der Waals surface area contributed by atoms with E-state index in [1.54, 1.807) is 16.2 Å². The van der Waals surface area contributed by atoms with E-state index < -0.39 is 9.84 Å². The maximum atomic E-state index is 13.6. The van der Waals surface area contributed by atoms with Gasteiger partial charge in [0, 0.05) is 21.9 Å². The zero-order chi connectivity index (χ0) is 20.8. The van der Waals surface area contributed by atoms with Crippen molar-refractivity contribution >= 4 is 38.1 Å². The molecule has 0 aliphatic carbocycles. The second-order valence-corrected chi connectivity index (χ2v) is 11.0. The van der Waals surface area contributed by atoms with Crippen molar-refractivity contribution in [3.05, 3.63) is 57.0 Å². The van der Waals surface area contributed by atoms with Gasteiger partial charge in [-0.05, 0) is 61.4 Å². The fourth-order valence-corrected chi connectivity index (χ4v) is 6.57. The molecule has 1 fully saturated rings. The van der Waals surface area contributed by atoms with Crippen LogP contribution < -0.4 is 0 Å². The van der Waals surface area contributed by atoms with Crippen molar-refractivity contribution in [3.8, 4) is 0 Å². The molecular formula is C22H25NO4S2. The first kappa shape index (κ1) is 20.2. The number of carbonyl (C=O) groups excluding carboxylic acids is 1. The van der Waals surface area contributed by atoms with Crippen LogP contribution in [0.25, 0.3) is 11.0 Å². The van der Waals surface area contributed by atoms with Crippen LogP contribution in [-0.2, 0) is 22.8 Å². The summed E-state index contributed by atoms with van der Waals surface area (Å²) in [5.74, 6) is 0.227. The van der Waals surface area contributed by atoms with E-state index in [1.807, 2.05) is 37.4 Å². The first-order chi connectivity index (χ1) is 13.8. The predicted octanol–water partition coefficient (Wildman–Crippen LogP) is 4.50. The van der Waals surface area contributed by atoms with E-state index in [0.717, 1.165) is 27.8 Å². The molecule has 0 radical (unpaired) electrons. The van der Waals surface area contributed by atoms with Crippen LogP contribution in [0.1, 0.15) is 45.5 Å². The minimum atomic E-state index is -3.11. The smallest absolute Gasteiger partial charge is 0.290 e. The van der Waals surface area contributed by atoms with Gasteiger partial charge in [-0.3, -0.25) is 4.79 Å². The number of aryl methyl sites for hydroxylation is 3. The molecule has 0 spiro atoms. The first-order valence-electron chi connectivity index (χ1n) is 9.85. The Morgan fingerprint density at radius 1 is 1.28 bits per heavy atom. The highest BCUT2D eigenvalue weighted by molar-refractivity contribution is 7.91. The topological polar surface area (TPSA) is 67.6 Å². The van der Waals surface area contributed by atoms with Crippen molar-refractivity contribution in [2.75, 3.05) is 11.5 Å². The maximum absolute atomic E-state index is 13.6. The number of furan rings is 1. The number of hydrogen-bond donors (Lipinski definition) is 0. The van der Waals surface area contributed by atoms with Crippen molar-refractivity contribution in [3.63, 3.8) is 0 Å². The molecule has 7 heteroatoms. The van der Waals surface area contributed by atoms with Crippen molar-refractivity contribution in [2.45, 2.75) is 46.2 Å². The van der Waals surface area contributed by atoms with Crippen LogP contribution in [0, 0.1) is 13.8 Å². The van der Waals surface area contributed by atoms with Gasteiger partial charge in [0.25, 0.3) is 5.91 Å². The molecular weight excluding hydrogens is 406 g/mol. The quantitative estimate of drug-likeness (QED) is 0.596. The van der Waals surface area contributed by atoms with Crippen LogP contribution in [0.2, 0.25) is 0 Å². The van der Waals surface area contributed by atoms with Crippen molar-refractivity contribution in [2.24, 2.45) is 0 Å². The largest absolute Gasteiger partial charge is 0.451 e. The Labute approximate surface area is 175 Å². The first-order valence-corrected chi connectivity index (χ1v) is 12.6. The molecule has 1 atom stereocenters. The Bertz CT molecular complexity index is 1170. The molecule has 1 aromatic carbocycles. The highest BCUT2D eigenvalue weighted by Gasteiger charge is 2.37. The van der Waals surface area contributed by atoms with Crippen molar-refractivity contribution in [1.82, 2.24) is 4.90 Å². The molecule has 1 amide bonds. The van der Waals surface area contributed by atoms with E-state index >= 15 is 0 Å². The number of nitrogens with zero attached hydrogens (tertiary/aromatic N) is 1. The van der Waals surface area contributed by atoms with E-state index in [2.05, 4.69) is 13.0 Å². The monoisotopic (exact) mass is 431 g/mol. The van der Waals surface area contributed by atoms with Gasteiger partial charge in [0.15, 0.2) is 15.6 Å². The lowest BCUT2D eigenvalue weighted by molar-refractivity contribution is 0.0651. The molecule has 1 saturated heterocycles. The Hall–Kier alpha value is -2.12. The van der Waals surface area contributed by atoms with Gasteiger partial charge in [-0.25, -0.2) is 8.42 Å². The number of amides is 1. The van der Waals surface area contributed by atoms with Gasteiger partial charge in [0.2, 0.25) is 0 Å². The average Bonchev–Trinajstić information content (AvgIpc) is 3.36. The van der Waals surface area contributed by atoms with E-state index in [9.17, 15) is 13.2 Å². The molecule has 4 rings (SSSR count). The van der Waals surface area contributed by atoms with Crippen LogP contribution in [0.3, 0.4) is 0 Å². The minimum Gasteiger partial charge on any atom is -0.451 e. The molecule has 0 unspecified atom stereocenters. The Morgan fingerprint density at radius 2 is 2.07 bits per heavy atom. The molecule has 2 aromatic heterocycles. The summed E-state index contributed by atoms with van der Waals surface area (Å²) in [6.07, 6.45) is 1.38. The van der Waals surface area contributed by atoms with Gasteiger partial charge in [-0.15, -0.1) is 11.3 Å². The summed E-state index contributed by atoms with van der Waals surface area (Å²) in [4.78, 5) is 16.3. The van der Waals surface area contributed by atoms with Gasteiger partial charge >= 0.3 is 0 Å². The lowest BCUT2D eigenvalue weighted by Gasteiger charge is -2.27. The third-order valence-corrected chi connectivity index (χ3v) is 8.55. The molecule has 0 saturated carbocycles. The summed E-state index contributed by atoms with van der Waals surface area (Å²) in [7, 11) is -3.11. The molecule has 3 heterocycles. The Morgan fingerprint density at radius 3 is 2.69 bits per heavy atom. The van der Waals surface area contributed by atoms with Crippen LogP contribution in [-0.4, -0.2) is 36.8 Å². The third-order valence-electron chi connectivity index (χ3n) is 5.80. The van der Waals surface area contributed by atoms with Crippen molar-refractivity contribution < 1.29 is 17.6 Å². The van der Waals surface area contributed by atoms with Gasteiger partial charge in [0.1, 0.15) is 5.58 Å². The van der Waals surface area contributed by atoms with Crippen LogP contribution >= 0.6 is 11.3 Å². The second-order valence-electron chi connectivity index (χ2n) is 7.76. The molecule has 154 valence electrons. The van der Waals surface area contributed by atoms with Crippen LogP contribution in [0.4, 0.5) is 0 Å². The molecule has 29 heavy (non-hydrogen) atoms. The SMILES string of the molecule is CCc1ccc2oc(C(=O)N(Cc3sccc3C)[C@@H]3CCS(=O)(=O)C3)c(C)c2c1. The summed E-state index contributed by atoms with van der Waals surface area (Å²) in [6.45, 7) is 6.41. The lowest BCUT2D eigenvalue weighted by atomic mass is 10.1. The van der Waals surface area contributed by atoms with Crippen LogP contribution in [0.15, 0.2) is 34.1 Å². The standard InChI is InChI=1S/C22H25NO4S2/c1-4-16-5-6-19-18(11-16)15(3)21(27-19)22(24)23(12-20-14(2)7-9-28-20)17-8-10-29(25,26)13-17/h5-7,9,11,17H,4,8,10,12-13H2,1-3H3/t17-/m1/s1. The number of sulfone groups is 1. The third kappa shape index (κ3) is 3.85. The summed E-state index contributed by atoms with van der Waals surface area (Å²) >= 11 is 1.59. The summed E-state index contributed by atoms with van der Waals surface area (Å²) < 4.78 is 30.2. The second kappa shape index (κ2) is 7.61. The molecule has 3 aromatic rings. The molecule has 0 N–H and O–H groups in total. The number of fused-ring (bicyclic) bond motifs is 1. The Kier molecular flexibility index (Phi) is 5.29. The fraction of sp³-hybridized carbons (Fsp3) is 0.409. The molecule has 1 aliphatic heterocycles. The maximum Gasteiger partial charge on any atom is 0.290 e. The number of rotatable bonds is 5. The number of carbonyl (C=O) groups is 1. The fourth-order valence-electron chi connectivity index (χ4n) is 3.93. The lowest BCUT2D eigenvalue weighted by Crippen LogP contribution is -2.40. The van der Waals surface area contributed by atoms with E-state index in [1.165, 1.54) is 5.56 Å². The van der Waals surface area contributed by atoms with Gasteiger partial charge < -0.3 is 9.32 Å². The molecule has 0 bridgehead atoms. The van der Waals surface area contributed by atoms with Gasteiger partial charge in [0.05, 0.1) is 18.1 Å².